The molecule has 2 N–H and O–H groups in total. The van der Waals surface area contributed by atoms with Crippen LogP contribution in [-0.4, -0.2) is 46.9 Å². The summed E-state index contributed by atoms with van der Waals surface area (Å²) in [5.74, 6) is 0.292. The highest BCUT2D eigenvalue weighted by Crippen LogP contribution is 2.22. The van der Waals surface area contributed by atoms with Crippen molar-refractivity contribution in [3.8, 4) is 0 Å². The maximum absolute atomic E-state index is 12.4. The highest BCUT2D eigenvalue weighted by molar-refractivity contribution is 6.59. The monoisotopic (exact) mass is 333 g/mol. The van der Waals surface area contributed by atoms with Crippen molar-refractivity contribution in [3.63, 3.8) is 0 Å². The SMILES string of the molecule is CC(C)(C)OC(=O)N1CCCCC(Cc2ccccc2B(O)O)C1. The van der Waals surface area contributed by atoms with E-state index in [0.717, 1.165) is 37.8 Å². The number of benzene rings is 1. The van der Waals surface area contributed by atoms with Crippen LogP contribution in [0.5, 0.6) is 0 Å². The Morgan fingerprint density at radius 2 is 2.00 bits per heavy atom. The van der Waals surface area contributed by atoms with Gasteiger partial charge >= 0.3 is 13.2 Å². The minimum absolute atomic E-state index is 0.259. The first kappa shape index (κ1) is 18.8. The summed E-state index contributed by atoms with van der Waals surface area (Å²) in [6.45, 7) is 6.98. The number of carbonyl (C=O) groups is 1. The summed E-state index contributed by atoms with van der Waals surface area (Å²) in [5, 5.41) is 19.1. The van der Waals surface area contributed by atoms with E-state index in [0.29, 0.717) is 17.9 Å². The molecule has 1 aromatic rings. The Morgan fingerprint density at radius 1 is 1.29 bits per heavy atom. The number of ether oxygens (including phenoxy) is 1. The van der Waals surface area contributed by atoms with Crippen molar-refractivity contribution >= 4 is 18.7 Å². The van der Waals surface area contributed by atoms with E-state index in [9.17, 15) is 14.8 Å². The van der Waals surface area contributed by atoms with Gasteiger partial charge in [-0.05, 0) is 57.0 Å². The second-order valence-corrected chi connectivity index (χ2v) is 7.56. The van der Waals surface area contributed by atoms with Gasteiger partial charge in [-0.3, -0.25) is 0 Å². The van der Waals surface area contributed by atoms with Gasteiger partial charge in [-0.2, -0.15) is 0 Å². The lowest BCUT2D eigenvalue weighted by molar-refractivity contribution is 0.0234. The molecule has 1 fully saturated rings. The van der Waals surface area contributed by atoms with Crippen molar-refractivity contribution in [1.29, 1.82) is 0 Å². The lowest BCUT2D eigenvalue weighted by Gasteiger charge is -2.28. The maximum atomic E-state index is 12.4. The first-order valence-electron chi connectivity index (χ1n) is 8.68. The van der Waals surface area contributed by atoms with E-state index in [4.69, 9.17) is 4.74 Å². The molecule has 0 aliphatic carbocycles. The summed E-state index contributed by atoms with van der Waals surface area (Å²) in [5.41, 5.74) is 0.987. The minimum Gasteiger partial charge on any atom is -0.444 e. The van der Waals surface area contributed by atoms with E-state index in [2.05, 4.69) is 0 Å². The number of carbonyl (C=O) groups excluding carboxylic acids is 1. The van der Waals surface area contributed by atoms with Gasteiger partial charge in [0.2, 0.25) is 0 Å². The molecular formula is C18H28BNO4. The fraction of sp³-hybridized carbons (Fsp3) is 0.611. The molecule has 6 heteroatoms. The number of nitrogens with zero attached hydrogens (tertiary/aromatic N) is 1. The third kappa shape index (κ3) is 5.53. The van der Waals surface area contributed by atoms with Gasteiger partial charge in [0.1, 0.15) is 5.60 Å². The number of hydrogen-bond acceptors (Lipinski definition) is 4. The summed E-state index contributed by atoms with van der Waals surface area (Å²) in [7, 11) is -1.46. The van der Waals surface area contributed by atoms with Crippen molar-refractivity contribution in [2.45, 2.75) is 52.1 Å². The molecule has 1 unspecified atom stereocenters. The Morgan fingerprint density at radius 3 is 2.67 bits per heavy atom. The smallest absolute Gasteiger partial charge is 0.444 e. The third-order valence-electron chi connectivity index (χ3n) is 4.26. The summed E-state index contributed by atoms with van der Waals surface area (Å²) in [6.07, 6.45) is 3.53. The van der Waals surface area contributed by atoms with Crippen molar-refractivity contribution < 1.29 is 19.6 Å². The van der Waals surface area contributed by atoms with Crippen LogP contribution >= 0.6 is 0 Å². The molecule has 0 saturated carbocycles. The van der Waals surface area contributed by atoms with Gasteiger partial charge in [0.05, 0.1) is 0 Å². The molecule has 1 aliphatic heterocycles. The summed E-state index contributed by atoms with van der Waals surface area (Å²) < 4.78 is 5.50. The lowest BCUT2D eigenvalue weighted by Crippen LogP contribution is -2.40. The highest BCUT2D eigenvalue weighted by atomic mass is 16.6. The van der Waals surface area contributed by atoms with E-state index < -0.39 is 12.7 Å². The van der Waals surface area contributed by atoms with Gasteiger partial charge in [0, 0.05) is 13.1 Å². The average Bonchev–Trinajstić information content (AvgIpc) is 2.71. The molecule has 0 bridgehead atoms. The molecule has 24 heavy (non-hydrogen) atoms. The molecule has 1 atom stereocenters. The van der Waals surface area contributed by atoms with Crippen LogP contribution < -0.4 is 5.46 Å². The van der Waals surface area contributed by atoms with Crippen LogP contribution in [0.3, 0.4) is 0 Å². The van der Waals surface area contributed by atoms with Crippen LogP contribution in [0.15, 0.2) is 24.3 Å². The van der Waals surface area contributed by atoms with Crippen LogP contribution in [0.25, 0.3) is 0 Å². The van der Waals surface area contributed by atoms with E-state index in [-0.39, 0.29) is 6.09 Å². The van der Waals surface area contributed by atoms with Crippen molar-refractivity contribution in [1.82, 2.24) is 4.90 Å². The van der Waals surface area contributed by atoms with Crippen molar-refractivity contribution in [3.05, 3.63) is 29.8 Å². The number of rotatable bonds is 3. The Bertz CT molecular complexity index is 556. The van der Waals surface area contributed by atoms with Gasteiger partial charge in [-0.25, -0.2) is 4.79 Å². The predicted molar refractivity (Wildman–Crippen MR) is 95.1 cm³/mol. The molecule has 2 rings (SSSR count). The predicted octanol–water partition coefficient (Wildman–Crippen LogP) is 1.95. The zero-order valence-electron chi connectivity index (χ0n) is 14.9. The molecular weight excluding hydrogens is 305 g/mol. The zero-order valence-corrected chi connectivity index (χ0v) is 14.9. The fourth-order valence-electron chi connectivity index (χ4n) is 3.17. The molecule has 0 spiro atoms. The summed E-state index contributed by atoms with van der Waals surface area (Å²) in [4.78, 5) is 14.2. The second kappa shape index (κ2) is 8.03. The molecule has 5 nitrogen and oxygen atoms in total. The second-order valence-electron chi connectivity index (χ2n) is 7.56. The van der Waals surface area contributed by atoms with E-state index in [1.807, 2.05) is 32.9 Å². The normalized spacial score (nSPS) is 18.9. The minimum atomic E-state index is -1.46. The first-order chi connectivity index (χ1) is 11.3. The molecule has 1 saturated heterocycles. The van der Waals surface area contributed by atoms with Crippen LogP contribution in [0, 0.1) is 5.92 Å². The van der Waals surface area contributed by atoms with Gasteiger partial charge in [0.25, 0.3) is 0 Å². The Kier molecular flexibility index (Phi) is 6.30. The third-order valence-corrected chi connectivity index (χ3v) is 4.26. The first-order valence-corrected chi connectivity index (χ1v) is 8.68. The number of amides is 1. The molecule has 0 radical (unpaired) electrons. The topological polar surface area (TPSA) is 70.0 Å². The fourth-order valence-corrected chi connectivity index (χ4v) is 3.17. The number of hydrogen-bond donors (Lipinski definition) is 2. The van der Waals surface area contributed by atoms with Crippen LogP contribution in [-0.2, 0) is 11.2 Å². The Hall–Kier alpha value is -1.53. The highest BCUT2D eigenvalue weighted by Gasteiger charge is 2.27. The molecule has 1 amide bonds. The van der Waals surface area contributed by atoms with Gasteiger partial charge in [-0.1, -0.05) is 30.7 Å². The van der Waals surface area contributed by atoms with Crippen LogP contribution in [0.1, 0.15) is 45.6 Å². The largest absolute Gasteiger partial charge is 0.488 e. The lowest BCUT2D eigenvalue weighted by atomic mass is 9.75. The molecule has 1 aromatic carbocycles. The maximum Gasteiger partial charge on any atom is 0.488 e. The van der Waals surface area contributed by atoms with Crippen LogP contribution in [0.4, 0.5) is 4.79 Å². The number of likely N-dealkylation sites (tertiary alicyclic amines) is 1. The quantitative estimate of drug-likeness (QED) is 0.830. The van der Waals surface area contributed by atoms with E-state index >= 15 is 0 Å². The molecule has 0 aromatic heterocycles. The van der Waals surface area contributed by atoms with Gasteiger partial charge < -0.3 is 19.7 Å². The van der Waals surface area contributed by atoms with Crippen molar-refractivity contribution in [2.75, 3.05) is 13.1 Å². The molecule has 1 heterocycles. The summed E-state index contributed by atoms with van der Waals surface area (Å²) >= 11 is 0. The average molecular weight is 333 g/mol. The van der Waals surface area contributed by atoms with Crippen molar-refractivity contribution in [2.24, 2.45) is 5.92 Å². The Balaban J connectivity index is 2.06. The van der Waals surface area contributed by atoms with Gasteiger partial charge in [-0.15, -0.1) is 0 Å². The van der Waals surface area contributed by atoms with E-state index in [1.165, 1.54) is 0 Å². The zero-order chi connectivity index (χ0) is 17.7. The van der Waals surface area contributed by atoms with E-state index in [1.54, 1.807) is 17.0 Å². The summed E-state index contributed by atoms with van der Waals surface area (Å²) in [6, 6.07) is 7.38. The molecule has 1 aliphatic rings. The molecule has 132 valence electrons. The standard InChI is InChI=1S/C18H28BNO4/c1-18(2,3)24-17(21)20-11-7-6-8-14(13-20)12-15-9-4-5-10-16(15)19(22)23/h4-5,9-10,14,22-23H,6-8,11-13H2,1-3H3. The van der Waals surface area contributed by atoms with Gasteiger partial charge in [0.15, 0.2) is 0 Å². The van der Waals surface area contributed by atoms with Crippen LogP contribution in [0.2, 0.25) is 0 Å². The Labute approximate surface area is 144 Å².